The molecule has 2 aromatic rings. The fourth-order valence-corrected chi connectivity index (χ4v) is 4.46. The van der Waals surface area contributed by atoms with Crippen molar-refractivity contribution < 1.29 is 14.4 Å². The minimum Gasteiger partial charge on any atom is -0.324 e. The molecule has 3 N–H and O–H groups in total. The first kappa shape index (κ1) is 20.2. The zero-order valence-electron chi connectivity index (χ0n) is 17.0. The van der Waals surface area contributed by atoms with Gasteiger partial charge < -0.3 is 10.6 Å². The second kappa shape index (κ2) is 7.98. The van der Waals surface area contributed by atoms with Crippen LogP contribution in [0.5, 0.6) is 0 Å². The Labute approximate surface area is 173 Å². The molecule has 2 saturated heterocycles. The summed E-state index contributed by atoms with van der Waals surface area (Å²) < 4.78 is 1.34. The number of carbonyl (C=O) groups is 3. The van der Waals surface area contributed by atoms with Gasteiger partial charge in [-0.3, -0.25) is 29.1 Å². The third-order valence-corrected chi connectivity index (χ3v) is 6.01. The second-order valence-electron chi connectivity index (χ2n) is 7.86. The van der Waals surface area contributed by atoms with Crippen LogP contribution in [0.15, 0.2) is 23.0 Å². The molecule has 2 aliphatic rings. The van der Waals surface area contributed by atoms with Crippen LogP contribution < -0.4 is 21.5 Å². The van der Waals surface area contributed by atoms with Crippen molar-refractivity contribution in [1.29, 1.82) is 0 Å². The van der Waals surface area contributed by atoms with Crippen LogP contribution in [-0.4, -0.2) is 39.9 Å². The van der Waals surface area contributed by atoms with Crippen LogP contribution in [0.3, 0.4) is 0 Å². The number of hydrogen-bond acceptors (Lipinski definition) is 6. The number of fused-ring (bicyclic) bond motifs is 1. The summed E-state index contributed by atoms with van der Waals surface area (Å²) in [5.41, 5.74) is 0.517. The molecule has 9 nitrogen and oxygen atoms in total. The Morgan fingerprint density at radius 3 is 2.80 bits per heavy atom. The number of hydrogen-bond donors (Lipinski definition) is 3. The largest absolute Gasteiger partial charge is 0.324 e. The Balaban J connectivity index is 1.71. The first-order valence-corrected chi connectivity index (χ1v) is 10.3. The number of rotatable bonds is 4. The molecule has 3 atom stereocenters. The van der Waals surface area contributed by atoms with Crippen LogP contribution >= 0.6 is 0 Å². The minimum atomic E-state index is -0.778. The number of benzene rings is 1. The molecule has 3 unspecified atom stereocenters. The summed E-state index contributed by atoms with van der Waals surface area (Å²) in [7, 11) is 0. The molecule has 0 saturated carbocycles. The van der Waals surface area contributed by atoms with Gasteiger partial charge >= 0.3 is 0 Å². The summed E-state index contributed by atoms with van der Waals surface area (Å²) in [6, 6.07) is 4.41. The number of nitrogens with one attached hydrogen (secondary N) is 3. The Bertz CT molecular complexity index is 1090. The zero-order chi connectivity index (χ0) is 21.4. The van der Waals surface area contributed by atoms with Crippen LogP contribution in [0.2, 0.25) is 0 Å². The summed E-state index contributed by atoms with van der Waals surface area (Å²) in [5.74, 6) is -0.699. The SMILES string of the molecule is CCC1NCCC1C(=O)Nc1cccc2c(=O)n(C3CCC(=O)NC3=O)c(C)nc12. The standard InChI is InChI=1S/C21H25N5O4/c1-3-14-12(9-10-22-14)19(28)24-15-6-4-5-13-18(15)23-11(2)26(21(13)30)16-7-8-17(27)25-20(16)29/h4-6,12,14,16,22H,3,7-10H2,1-2H3,(H,24,28)(H,25,27,29). The maximum absolute atomic E-state index is 13.2. The van der Waals surface area contributed by atoms with Gasteiger partial charge in [-0.05, 0) is 44.9 Å². The van der Waals surface area contributed by atoms with E-state index in [9.17, 15) is 19.2 Å². The highest BCUT2D eigenvalue weighted by atomic mass is 16.2. The fourth-order valence-electron chi connectivity index (χ4n) is 4.46. The molecule has 0 bridgehead atoms. The second-order valence-corrected chi connectivity index (χ2v) is 7.86. The number of anilines is 1. The van der Waals surface area contributed by atoms with E-state index < -0.39 is 11.9 Å². The number of carbonyl (C=O) groups excluding carboxylic acids is 3. The van der Waals surface area contributed by atoms with Crippen molar-refractivity contribution in [3.8, 4) is 0 Å². The molecular weight excluding hydrogens is 386 g/mol. The van der Waals surface area contributed by atoms with Crippen LogP contribution in [0, 0.1) is 12.8 Å². The zero-order valence-corrected chi connectivity index (χ0v) is 17.0. The van der Waals surface area contributed by atoms with Crippen LogP contribution in [0.1, 0.15) is 44.5 Å². The number of aryl methyl sites for hydroxylation is 1. The van der Waals surface area contributed by atoms with E-state index in [1.807, 2.05) is 6.92 Å². The topological polar surface area (TPSA) is 122 Å². The van der Waals surface area contributed by atoms with Gasteiger partial charge in [-0.1, -0.05) is 13.0 Å². The molecule has 0 spiro atoms. The number of para-hydroxylation sites is 1. The number of piperidine rings is 1. The number of amides is 3. The van der Waals surface area contributed by atoms with Crippen LogP contribution in [0.25, 0.3) is 10.9 Å². The monoisotopic (exact) mass is 411 g/mol. The lowest BCUT2D eigenvalue weighted by atomic mass is 9.97. The van der Waals surface area contributed by atoms with E-state index in [0.29, 0.717) is 22.4 Å². The van der Waals surface area contributed by atoms with Gasteiger partial charge in [-0.15, -0.1) is 0 Å². The Hall–Kier alpha value is -3.07. The van der Waals surface area contributed by atoms with Crippen molar-refractivity contribution in [2.24, 2.45) is 5.92 Å². The molecule has 158 valence electrons. The van der Waals surface area contributed by atoms with Gasteiger partial charge in [-0.2, -0.15) is 0 Å². The lowest BCUT2D eigenvalue weighted by Crippen LogP contribution is -2.45. The van der Waals surface area contributed by atoms with E-state index in [4.69, 9.17) is 0 Å². The minimum absolute atomic E-state index is 0.0897. The summed E-state index contributed by atoms with van der Waals surface area (Å²) in [5, 5.41) is 8.88. The van der Waals surface area contributed by atoms with Crippen molar-refractivity contribution in [1.82, 2.24) is 20.2 Å². The summed E-state index contributed by atoms with van der Waals surface area (Å²) in [6.07, 6.45) is 2.05. The molecule has 2 aliphatic heterocycles. The third-order valence-electron chi connectivity index (χ3n) is 6.01. The molecule has 9 heteroatoms. The summed E-state index contributed by atoms with van der Waals surface area (Å²) in [6.45, 7) is 4.50. The quantitative estimate of drug-likeness (QED) is 0.646. The van der Waals surface area contributed by atoms with Gasteiger partial charge in [0.2, 0.25) is 17.7 Å². The van der Waals surface area contributed by atoms with Crippen molar-refractivity contribution in [3.05, 3.63) is 34.4 Å². The van der Waals surface area contributed by atoms with Crippen LogP contribution in [0.4, 0.5) is 5.69 Å². The summed E-state index contributed by atoms with van der Waals surface area (Å²) >= 11 is 0. The number of imide groups is 1. The first-order valence-electron chi connectivity index (χ1n) is 10.3. The van der Waals surface area contributed by atoms with E-state index in [1.54, 1.807) is 25.1 Å². The Morgan fingerprint density at radius 2 is 2.07 bits per heavy atom. The van der Waals surface area contributed by atoms with Crippen molar-refractivity contribution in [2.45, 2.75) is 51.6 Å². The highest BCUT2D eigenvalue weighted by molar-refractivity contribution is 6.02. The molecule has 3 heterocycles. The molecule has 3 amide bonds. The molecule has 1 aromatic heterocycles. The first-order chi connectivity index (χ1) is 14.4. The normalized spacial score (nSPS) is 24.1. The maximum Gasteiger partial charge on any atom is 0.262 e. The number of nitrogens with zero attached hydrogens (tertiary/aromatic N) is 2. The van der Waals surface area contributed by atoms with Gasteiger partial charge in [0, 0.05) is 12.5 Å². The lowest BCUT2D eigenvalue weighted by Gasteiger charge is -2.24. The predicted octanol–water partition coefficient (Wildman–Crippen LogP) is 1.01. The molecule has 2 fully saturated rings. The molecule has 30 heavy (non-hydrogen) atoms. The highest BCUT2D eigenvalue weighted by Crippen LogP contribution is 2.25. The van der Waals surface area contributed by atoms with Gasteiger partial charge in [-0.25, -0.2) is 4.98 Å². The Morgan fingerprint density at radius 1 is 1.27 bits per heavy atom. The number of aromatic nitrogens is 2. The van der Waals surface area contributed by atoms with Gasteiger partial charge in [0.15, 0.2) is 0 Å². The van der Waals surface area contributed by atoms with E-state index in [0.717, 1.165) is 19.4 Å². The molecular formula is C21H25N5O4. The summed E-state index contributed by atoms with van der Waals surface area (Å²) in [4.78, 5) is 54.3. The fraction of sp³-hybridized carbons (Fsp3) is 0.476. The molecule has 0 aliphatic carbocycles. The van der Waals surface area contributed by atoms with Gasteiger partial charge in [0.1, 0.15) is 17.4 Å². The third kappa shape index (κ3) is 3.49. The van der Waals surface area contributed by atoms with Gasteiger partial charge in [0.25, 0.3) is 5.56 Å². The lowest BCUT2D eigenvalue weighted by molar-refractivity contribution is -0.135. The van der Waals surface area contributed by atoms with Gasteiger partial charge in [0.05, 0.1) is 17.0 Å². The smallest absolute Gasteiger partial charge is 0.262 e. The Kier molecular flexibility index (Phi) is 5.38. The average molecular weight is 411 g/mol. The average Bonchev–Trinajstić information content (AvgIpc) is 3.19. The van der Waals surface area contributed by atoms with Crippen LogP contribution in [-0.2, 0) is 14.4 Å². The van der Waals surface area contributed by atoms with Crippen molar-refractivity contribution in [2.75, 3.05) is 11.9 Å². The predicted molar refractivity (Wildman–Crippen MR) is 111 cm³/mol. The van der Waals surface area contributed by atoms with E-state index in [2.05, 4.69) is 20.9 Å². The molecule has 4 rings (SSSR count). The van der Waals surface area contributed by atoms with E-state index in [-0.39, 0.29) is 42.2 Å². The molecule has 1 aromatic carbocycles. The maximum atomic E-state index is 13.2. The van der Waals surface area contributed by atoms with Crippen molar-refractivity contribution >= 4 is 34.3 Å². The van der Waals surface area contributed by atoms with E-state index in [1.165, 1.54) is 4.57 Å². The van der Waals surface area contributed by atoms with Crippen molar-refractivity contribution in [3.63, 3.8) is 0 Å². The highest BCUT2D eigenvalue weighted by Gasteiger charge is 2.33. The molecule has 0 radical (unpaired) electrons. The van der Waals surface area contributed by atoms with E-state index >= 15 is 0 Å².